The summed E-state index contributed by atoms with van der Waals surface area (Å²) in [5.74, 6) is -2.45. The minimum absolute atomic E-state index is 0.0423. The van der Waals surface area contributed by atoms with Crippen LogP contribution in [0, 0.1) is 0 Å². The van der Waals surface area contributed by atoms with Gasteiger partial charge in [0.2, 0.25) is 0 Å². The molecule has 1 aromatic rings. The second-order valence-corrected chi connectivity index (χ2v) is 5.08. The summed E-state index contributed by atoms with van der Waals surface area (Å²) in [4.78, 5) is 22.4. The molecule has 2 rings (SSSR count). The number of carboxylic acids is 2. The van der Waals surface area contributed by atoms with E-state index in [-0.39, 0.29) is 23.4 Å². The minimum Gasteiger partial charge on any atom is -0.479 e. The number of aliphatic carboxylic acids is 2. The molecule has 1 fully saturated rings. The van der Waals surface area contributed by atoms with Crippen LogP contribution in [0.4, 0.5) is 0 Å². The highest BCUT2D eigenvalue weighted by atomic mass is 35.5. The van der Waals surface area contributed by atoms with Gasteiger partial charge in [0, 0.05) is 15.6 Å². The molecule has 5 nitrogen and oxygen atoms in total. The van der Waals surface area contributed by atoms with Crippen LogP contribution < -0.4 is 0 Å². The maximum absolute atomic E-state index is 11.5. The van der Waals surface area contributed by atoms with Gasteiger partial charge >= 0.3 is 11.9 Å². The van der Waals surface area contributed by atoms with Gasteiger partial charge in [0.05, 0.1) is 0 Å². The molecule has 2 atom stereocenters. The van der Waals surface area contributed by atoms with Crippen molar-refractivity contribution in [2.24, 2.45) is 0 Å². The maximum Gasteiger partial charge on any atom is 0.340 e. The third-order valence-electron chi connectivity index (χ3n) is 3.09. The predicted molar refractivity (Wildman–Crippen MR) is 67.5 cm³/mol. The van der Waals surface area contributed by atoms with E-state index in [1.807, 2.05) is 0 Å². The molecule has 1 aliphatic heterocycles. The van der Waals surface area contributed by atoms with Gasteiger partial charge < -0.3 is 14.9 Å². The van der Waals surface area contributed by atoms with E-state index in [1.165, 1.54) is 18.2 Å². The lowest BCUT2D eigenvalue weighted by molar-refractivity contribution is -0.172. The van der Waals surface area contributed by atoms with Gasteiger partial charge in [-0.25, -0.2) is 9.59 Å². The van der Waals surface area contributed by atoms with Crippen LogP contribution in [-0.4, -0.2) is 28.3 Å². The van der Waals surface area contributed by atoms with Crippen LogP contribution in [0.15, 0.2) is 18.2 Å². The predicted octanol–water partition coefficient (Wildman–Crippen LogP) is 2.54. The van der Waals surface area contributed by atoms with Gasteiger partial charge in [-0.05, 0) is 25.0 Å². The van der Waals surface area contributed by atoms with Crippen LogP contribution in [0.25, 0.3) is 0 Å². The molecule has 0 aliphatic carbocycles. The van der Waals surface area contributed by atoms with Gasteiger partial charge in [-0.15, -0.1) is 0 Å². The zero-order valence-corrected chi connectivity index (χ0v) is 11.1. The first-order valence-electron chi connectivity index (χ1n) is 5.46. The first-order valence-corrected chi connectivity index (χ1v) is 6.22. The number of hydrogen-bond acceptors (Lipinski definition) is 3. The first-order chi connectivity index (χ1) is 8.86. The summed E-state index contributed by atoms with van der Waals surface area (Å²) in [6, 6.07) is 4.34. The van der Waals surface area contributed by atoms with Crippen molar-refractivity contribution in [2.45, 2.75) is 24.5 Å². The monoisotopic (exact) mass is 304 g/mol. The van der Waals surface area contributed by atoms with Crippen molar-refractivity contribution in [3.63, 3.8) is 0 Å². The SMILES string of the molecule is O=C(O)[C@H]1CC[C@](C(=O)O)(c2ccc(Cl)cc2Cl)O1. The Balaban J connectivity index is 2.47. The fourth-order valence-corrected chi connectivity index (χ4v) is 2.72. The highest BCUT2D eigenvalue weighted by molar-refractivity contribution is 6.35. The fraction of sp³-hybridized carbons (Fsp3) is 0.333. The van der Waals surface area contributed by atoms with Crippen LogP contribution in [0.2, 0.25) is 10.0 Å². The molecule has 1 aliphatic rings. The standard InChI is InChI=1S/C12H10Cl2O5/c13-6-1-2-7(8(14)5-6)12(11(17)18)4-3-9(19-12)10(15)16/h1-2,5,9H,3-4H2,(H,15,16)(H,17,18)/t9-,12-/m1/s1. The van der Waals surface area contributed by atoms with Crippen molar-refractivity contribution in [3.8, 4) is 0 Å². The van der Waals surface area contributed by atoms with Gasteiger partial charge in [-0.1, -0.05) is 29.3 Å². The van der Waals surface area contributed by atoms with Crippen molar-refractivity contribution in [1.29, 1.82) is 0 Å². The van der Waals surface area contributed by atoms with Crippen molar-refractivity contribution in [2.75, 3.05) is 0 Å². The van der Waals surface area contributed by atoms with E-state index >= 15 is 0 Å². The highest BCUT2D eigenvalue weighted by Crippen LogP contribution is 2.43. The molecule has 19 heavy (non-hydrogen) atoms. The Bertz CT molecular complexity index is 545. The molecule has 1 heterocycles. The smallest absolute Gasteiger partial charge is 0.340 e. The zero-order valence-electron chi connectivity index (χ0n) is 9.60. The Kier molecular flexibility index (Phi) is 3.71. The summed E-state index contributed by atoms with van der Waals surface area (Å²) in [6.07, 6.45) is -0.996. The third-order valence-corrected chi connectivity index (χ3v) is 3.64. The maximum atomic E-state index is 11.5. The summed E-state index contributed by atoms with van der Waals surface area (Å²) in [7, 11) is 0. The van der Waals surface area contributed by atoms with E-state index in [9.17, 15) is 14.7 Å². The van der Waals surface area contributed by atoms with Crippen molar-refractivity contribution < 1.29 is 24.5 Å². The molecular formula is C12H10Cl2O5. The third kappa shape index (κ3) is 2.41. The molecule has 0 spiro atoms. The molecule has 0 aromatic heterocycles. The number of benzene rings is 1. The lowest BCUT2D eigenvalue weighted by Gasteiger charge is -2.25. The van der Waals surface area contributed by atoms with Crippen LogP contribution in [0.3, 0.4) is 0 Å². The lowest BCUT2D eigenvalue weighted by Crippen LogP contribution is -2.37. The van der Waals surface area contributed by atoms with Crippen molar-refractivity contribution in [1.82, 2.24) is 0 Å². The summed E-state index contributed by atoms with van der Waals surface area (Å²) in [5, 5.41) is 18.8. The number of carboxylic acid groups (broad SMARTS) is 2. The average Bonchev–Trinajstić information content (AvgIpc) is 2.75. The summed E-state index contributed by atoms with van der Waals surface area (Å²) in [5.41, 5.74) is -1.51. The fourth-order valence-electron chi connectivity index (χ4n) is 2.16. The van der Waals surface area contributed by atoms with Gasteiger partial charge in [0.1, 0.15) is 0 Å². The molecule has 0 amide bonds. The zero-order chi connectivity index (χ0) is 14.2. The van der Waals surface area contributed by atoms with Crippen LogP contribution in [-0.2, 0) is 19.9 Å². The molecule has 102 valence electrons. The molecule has 0 bridgehead atoms. The molecule has 1 saturated heterocycles. The van der Waals surface area contributed by atoms with Crippen LogP contribution in [0.5, 0.6) is 0 Å². The Hall–Kier alpha value is -1.30. The van der Waals surface area contributed by atoms with Gasteiger partial charge in [-0.2, -0.15) is 0 Å². The molecule has 0 saturated carbocycles. The van der Waals surface area contributed by atoms with E-state index in [2.05, 4.69) is 0 Å². The Morgan fingerprint density at radius 2 is 2.00 bits per heavy atom. The highest BCUT2D eigenvalue weighted by Gasteiger charge is 2.51. The summed E-state index contributed by atoms with van der Waals surface area (Å²) < 4.78 is 5.25. The van der Waals surface area contributed by atoms with Crippen LogP contribution >= 0.6 is 23.2 Å². The molecule has 0 unspecified atom stereocenters. The number of halogens is 2. The lowest BCUT2D eigenvalue weighted by atomic mass is 9.90. The number of hydrogen-bond donors (Lipinski definition) is 2. The van der Waals surface area contributed by atoms with E-state index in [4.69, 9.17) is 33.0 Å². The van der Waals surface area contributed by atoms with E-state index in [1.54, 1.807) is 0 Å². The molecule has 1 aromatic carbocycles. The molecule has 2 N–H and O–H groups in total. The topological polar surface area (TPSA) is 83.8 Å². The van der Waals surface area contributed by atoms with E-state index in [0.717, 1.165) is 0 Å². The van der Waals surface area contributed by atoms with Crippen molar-refractivity contribution >= 4 is 35.1 Å². The second-order valence-electron chi connectivity index (χ2n) is 4.24. The molecule has 7 heteroatoms. The Morgan fingerprint density at radius 3 is 2.47 bits per heavy atom. The normalized spacial score (nSPS) is 26.3. The largest absolute Gasteiger partial charge is 0.479 e. The van der Waals surface area contributed by atoms with Gasteiger partial charge in [0.25, 0.3) is 0 Å². The second kappa shape index (κ2) is 5.00. The first kappa shape index (κ1) is 14.1. The van der Waals surface area contributed by atoms with Crippen LogP contribution in [0.1, 0.15) is 18.4 Å². The van der Waals surface area contributed by atoms with E-state index in [0.29, 0.717) is 5.02 Å². The summed E-state index contributed by atoms with van der Waals surface area (Å²) in [6.45, 7) is 0. The Labute approximate surface area is 118 Å². The van der Waals surface area contributed by atoms with E-state index < -0.39 is 23.6 Å². The number of rotatable bonds is 3. The quantitative estimate of drug-likeness (QED) is 0.896. The average molecular weight is 305 g/mol. The van der Waals surface area contributed by atoms with Gasteiger partial charge in [0.15, 0.2) is 11.7 Å². The van der Waals surface area contributed by atoms with Gasteiger partial charge in [-0.3, -0.25) is 0 Å². The minimum atomic E-state index is -1.73. The van der Waals surface area contributed by atoms with Crippen molar-refractivity contribution in [3.05, 3.63) is 33.8 Å². The molecule has 0 radical (unpaired) electrons. The Morgan fingerprint density at radius 1 is 1.32 bits per heavy atom. The summed E-state index contributed by atoms with van der Waals surface area (Å²) >= 11 is 11.8. The number of ether oxygens (including phenoxy) is 1. The number of carbonyl (C=O) groups is 2. The molecular weight excluding hydrogens is 295 g/mol.